The molecule has 4 nitrogen and oxygen atoms in total. The fourth-order valence-electron chi connectivity index (χ4n) is 2.34. The summed E-state index contributed by atoms with van der Waals surface area (Å²) in [7, 11) is 0. The van der Waals surface area contributed by atoms with Crippen molar-refractivity contribution in [1.82, 2.24) is 14.5 Å². The Bertz CT molecular complexity index is 810. The smallest absolute Gasteiger partial charge is 0.343 e. The van der Waals surface area contributed by atoms with Crippen molar-refractivity contribution in [2.75, 3.05) is 0 Å². The standard InChI is InChI=1S/C16H17N3O/c1-10(2)12-4-6-14(7-5-12)19-9-13-8-11(3)17-15(13)18-16(19)20/h4-10H,1-3H3,(H,17,18,20). The second-order valence-corrected chi connectivity index (χ2v) is 5.40. The number of rotatable bonds is 2. The fraction of sp³-hybridized carbons (Fsp3) is 0.250. The number of H-pyrrole nitrogens is 1. The number of fused-ring (bicyclic) bond motifs is 1. The van der Waals surface area contributed by atoms with E-state index >= 15 is 0 Å². The highest BCUT2D eigenvalue weighted by molar-refractivity contribution is 5.75. The lowest BCUT2D eigenvalue weighted by Crippen LogP contribution is -2.20. The van der Waals surface area contributed by atoms with Gasteiger partial charge in [0.15, 0.2) is 0 Å². The van der Waals surface area contributed by atoms with Crippen LogP contribution in [0.2, 0.25) is 0 Å². The molecule has 0 unspecified atom stereocenters. The van der Waals surface area contributed by atoms with Crippen molar-refractivity contribution in [3.8, 4) is 5.69 Å². The molecule has 3 aromatic rings. The normalized spacial score (nSPS) is 11.4. The van der Waals surface area contributed by atoms with Gasteiger partial charge in [-0.1, -0.05) is 26.0 Å². The maximum absolute atomic E-state index is 12.1. The van der Waals surface area contributed by atoms with Gasteiger partial charge in [-0.15, -0.1) is 0 Å². The van der Waals surface area contributed by atoms with E-state index in [9.17, 15) is 4.79 Å². The van der Waals surface area contributed by atoms with Crippen LogP contribution >= 0.6 is 0 Å². The van der Waals surface area contributed by atoms with Crippen LogP contribution in [-0.4, -0.2) is 14.5 Å². The lowest BCUT2D eigenvalue weighted by Gasteiger charge is -2.08. The van der Waals surface area contributed by atoms with E-state index in [0.29, 0.717) is 11.6 Å². The highest BCUT2D eigenvalue weighted by Gasteiger charge is 2.06. The molecule has 0 bridgehead atoms. The summed E-state index contributed by atoms with van der Waals surface area (Å²) >= 11 is 0. The summed E-state index contributed by atoms with van der Waals surface area (Å²) in [6, 6.07) is 10.0. The summed E-state index contributed by atoms with van der Waals surface area (Å²) in [5.74, 6) is 0.480. The van der Waals surface area contributed by atoms with Crippen molar-refractivity contribution >= 4 is 11.0 Å². The van der Waals surface area contributed by atoms with Crippen LogP contribution < -0.4 is 5.69 Å². The summed E-state index contributed by atoms with van der Waals surface area (Å²) < 4.78 is 1.58. The van der Waals surface area contributed by atoms with Gasteiger partial charge in [-0.25, -0.2) is 4.79 Å². The van der Waals surface area contributed by atoms with Gasteiger partial charge in [0, 0.05) is 17.3 Å². The van der Waals surface area contributed by atoms with Gasteiger partial charge in [-0.05, 0) is 36.6 Å². The first-order valence-electron chi connectivity index (χ1n) is 6.74. The molecular weight excluding hydrogens is 250 g/mol. The van der Waals surface area contributed by atoms with Gasteiger partial charge in [-0.2, -0.15) is 4.98 Å². The molecule has 0 aliphatic rings. The van der Waals surface area contributed by atoms with E-state index in [0.717, 1.165) is 16.8 Å². The zero-order valence-corrected chi connectivity index (χ0v) is 11.8. The van der Waals surface area contributed by atoms with Crippen molar-refractivity contribution in [1.29, 1.82) is 0 Å². The SMILES string of the molecule is Cc1cc2cn(-c3ccc(C(C)C)cc3)c(=O)nc2[nH]1. The van der Waals surface area contributed by atoms with Gasteiger partial charge in [0.25, 0.3) is 0 Å². The maximum atomic E-state index is 12.1. The molecule has 4 heteroatoms. The number of nitrogens with zero attached hydrogens (tertiary/aromatic N) is 2. The number of nitrogens with one attached hydrogen (secondary N) is 1. The average Bonchev–Trinajstić information content (AvgIpc) is 2.77. The molecule has 20 heavy (non-hydrogen) atoms. The van der Waals surface area contributed by atoms with E-state index in [1.54, 1.807) is 4.57 Å². The van der Waals surface area contributed by atoms with Gasteiger partial charge >= 0.3 is 5.69 Å². The van der Waals surface area contributed by atoms with E-state index < -0.39 is 0 Å². The highest BCUT2D eigenvalue weighted by atomic mass is 16.1. The summed E-state index contributed by atoms with van der Waals surface area (Å²) in [6.45, 7) is 6.25. The molecule has 0 saturated heterocycles. The third-order valence-corrected chi connectivity index (χ3v) is 3.48. The Labute approximate surface area is 117 Å². The van der Waals surface area contributed by atoms with Crippen LogP contribution in [0.25, 0.3) is 16.7 Å². The first kappa shape index (κ1) is 12.7. The molecule has 2 aromatic heterocycles. The molecule has 0 aliphatic carbocycles. The summed E-state index contributed by atoms with van der Waals surface area (Å²) in [5, 5.41) is 0.940. The topological polar surface area (TPSA) is 50.7 Å². The van der Waals surface area contributed by atoms with Crippen LogP contribution in [0.1, 0.15) is 31.0 Å². The second kappa shape index (κ2) is 4.63. The summed E-state index contributed by atoms with van der Waals surface area (Å²) in [5.41, 5.74) is 3.47. The third-order valence-electron chi connectivity index (χ3n) is 3.48. The van der Waals surface area contributed by atoms with Gasteiger partial charge in [0.1, 0.15) is 5.65 Å². The molecule has 0 saturated carbocycles. The Morgan fingerprint density at radius 1 is 1.20 bits per heavy atom. The van der Waals surface area contributed by atoms with Crippen molar-refractivity contribution in [3.05, 3.63) is 58.3 Å². The molecule has 0 atom stereocenters. The van der Waals surface area contributed by atoms with Crippen LogP contribution in [0.3, 0.4) is 0 Å². The Balaban J connectivity index is 2.13. The predicted molar refractivity (Wildman–Crippen MR) is 80.5 cm³/mol. The molecule has 3 rings (SSSR count). The summed E-state index contributed by atoms with van der Waals surface area (Å²) in [4.78, 5) is 19.3. The molecule has 1 N–H and O–H groups in total. The van der Waals surface area contributed by atoms with Gasteiger partial charge in [-0.3, -0.25) is 4.57 Å². The largest absolute Gasteiger partial charge is 0.354 e. The van der Waals surface area contributed by atoms with E-state index in [-0.39, 0.29) is 5.69 Å². The number of benzene rings is 1. The van der Waals surface area contributed by atoms with Gasteiger partial charge in [0.2, 0.25) is 0 Å². The fourth-order valence-corrected chi connectivity index (χ4v) is 2.34. The molecule has 1 aromatic carbocycles. The van der Waals surface area contributed by atoms with Crippen LogP contribution in [0, 0.1) is 6.92 Å². The number of hydrogen-bond acceptors (Lipinski definition) is 2. The molecule has 0 radical (unpaired) electrons. The van der Waals surface area contributed by atoms with Crippen molar-refractivity contribution < 1.29 is 0 Å². The van der Waals surface area contributed by atoms with E-state index in [1.807, 2.05) is 31.3 Å². The molecular formula is C16H17N3O. The van der Waals surface area contributed by atoms with Crippen LogP contribution in [-0.2, 0) is 0 Å². The third kappa shape index (κ3) is 2.13. The van der Waals surface area contributed by atoms with Crippen LogP contribution in [0.15, 0.2) is 41.3 Å². The quantitative estimate of drug-likeness (QED) is 0.775. The molecule has 2 heterocycles. The Hall–Kier alpha value is -2.36. The van der Waals surface area contributed by atoms with E-state index in [1.165, 1.54) is 5.56 Å². The minimum atomic E-state index is -0.267. The lowest BCUT2D eigenvalue weighted by molar-refractivity contribution is 0.862. The van der Waals surface area contributed by atoms with Crippen LogP contribution in [0.4, 0.5) is 0 Å². The monoisotopic (exact) mass is 267 g/mol. The number of aromatic nitrogens is 3. The Morgan fingerprint density at radius 2 is 1.90 bits per heavy atom. The second-order valence-electron chi connectivity index (χ2n) is 5.40. The minimum absolute atomic E-state index is 0.267. The minimum Gasteiger partial charge on any atom is -0.343 e. The number of aromatic amines is 1. The number of hydrogen-bond donors (Lipinski definition) is 1. The number of aryl methyl sites for hydroxylation is 1. The van der Waals surface area contributed by atoms with Crippen molar-refractivity contribution in [2.24, 2.45) is 0 Å². The van der Waals surface area contributed by atoms with E-state index in [2.05, 4.69) is 35.9 Å². The zero-order valence-electron chi connectivity index (χ0n) is 11.8. The zero-order chi connectivity index (χ0) is 14.3. The molecule has 102 valence electrons. The van der Waals surface area contributed by atoms with Crippen LogP contribution in [0.5, 0.6) is 0 Å². The lowest BCUT2D eigenvalue weighted by atomic mass is 10.0. The Morgan fingerprint density at radius 3 is 2.55 bits per heavy atom. The van der Waals surface area contributed by atoms with Crippen molar-refractivity contribution in [2.45, 2.75) is 26.7 Å². The molecule has 0 fully saturated rings. The van der Waals surface area contributed by atoms with E-state index in [4.69, 9.17) is 0 Å². The Kier molecular flexibility index (Phi) is 2.93. The van der Waals surface area contributed by atoms with Crippen molar-refractivity contribution in [3.63, 3.8) is 0 Å². The average molecular weight is 267 g/mol. The first-order valence-corrected chi connectivity index (χ1v) is 6.74. The molecule has 0 amide bonds. The first-order chi connectivity index (χ1) is 9.54. The maximum Gasteiger partial charge on any atom is 0.354 e. The summed E-state index contributed by atoms with van der Waals surface area (Å²) in [6.07, 6.45) is 1.83. The molecule has 0 spiro atoms. The van der Waals surface area contributed by atoms with Gasteiger partial charge in [0.05, 0.1) is 5.69 Å². The highest BCUT2D eigenvalue weighted by Crippen LogP contribution is 2.17. The molecule has 0 aliphatic heterocycles. The van der Waals surface area contributed by atoms with Gasteiger partial charge < -0.3 is 4.98 Å². The predicted octanol–water partition coefficient (Wildman–Crippen LogP) is 3.15.